The van der Waals surface area contributed by atoms with E-state index in [9.17, 15) is 4.79 Å². The average molecular weight is 236 g/mol. The number of ether oxygens (including phenoxy) is 1. The van der Waals surface area contributed by atoms with E-state index in [1.807, 2.05) is 37.3 Å². The largest absolute Gasteiger partial charge is 0.383 e. The molecular formula is C13H20N2O2. The van der Waals surface area contributed by atoms with Gasteiger partial charge in [0.25, 0.3) is 0 Å². The number of urea groups is 1. The molecule has 1 aromatic rings. The molecule has 94 valence electrons. The molecular weight excluding hydrogens is 216 g/mol. The highest BCUT2D eigenvalue weighted by molar-refractivity contribution is 5.74. The summed E-state index contributed by atoms with van der Waals surface area (Å²) in [5, 5.41) is 5.61. The zero-order valence-corrected chi connectivity index (χ0v) is 10.4. The third kappa shape index (κ3) is 5.92. The Labute approximate surface area is 102 Å². The van der Waals surface area contributed by atoms with E-state index in [0.717, 1.165) is 6.42 Å². The van der Waals surface area contributed by atoms with Crippen molar-refractivity contribution in [2.75, 3.05) is 20.3 Å². The van der Waals surface area contributed by atoms with Crippen LogP contribution in [0.3, 0.4) is 0 Å². The van der Waals surface area contributed by atoms with Crippen LogP contribution in [0.2, 0.25) is 0 Å². The maximum Gasteiger partial charge on any atom is 0.315 e. The van der Waals surface area contributed by atoms with Gasteiger partial charge in [0.2, 0.25) is 0 Å². The lowest BCUT2D eigenvalue weighted by molar-refractivity contribution is 0.171. The molecule has 1 unspecified atom stereocenters. The first-order valence-electron chi connectivity index (χ1n) is 5.79. The van der Waals surface area contributed by atoms with Crippen molar-refractivity contribution in [3.63, 3.8) is 0 Å². The minimum absolute atomic E-state index is 0.0247. The highest BCUT2D eigenvalue weighted by Gasteiger charge is 2.05. The molecule has 17 heavy (non-hydrogen) atoms. The maximum absolute atomic E-state index is 11.4. The van der Waals surface area contributed by atoms with Crippen molar-refractivity contribution >= 4 is 6.03 Å². The van der Waals surface area contributed by atoms with Gasteiger partial charge in [0.05, 0.1) is 12.6 Å². The van der Waals surface area contributed by atoms with Gasteiger partial charge in [0.1, 0.15) is 0 Å². The van der Waals surface area contributed by atoms with Crippen LogP contribution in [0.25, 0.3) is 0 Å². The van der Waals surface area contributed by atoms with Crippen molar-refractivity contribution in [3.8, 4) is 0 Å². The number of nitrogens with one attached hydrogen (secondary N) is 2. The summed E-state index contributed by atoms with van der Waals surface area (Å²) >= 11 is 0. The number of amides is 2. The first kappa shape index (κ1) is 13.5. The Morgan fingerprint density at radius 2 is 2.06 bits per heavy atom. The van der Waals surface area contributed by atoms with Gasteiger partial charge >= 0.3 is 6.03 Å². The first-order chi connectivity index (χ1) is 8.22. The maximum atomic E-state index is 11.4. The lowest BCUT2D eigenvalue weighted by Crippen LogP contribution is -2.43. The molecule has 0 heterocycles. The fourth-order valence-electron chi connectivity index (χ4n) is 1.53. The molecule has 0 saturated heterocycles. The fourth-order valence-corrected chi connectivity index (χ4v) is 1.53. The molecule has 2 N–H and O–H groups in total. The molecule has 0 radical (unpaired) electrons. The highest BCUT2D eigenvalue weighted by Crippen LogP contribution is 1.97. The summed E-state index contributed by atoms with van der Waals surface area (Å²) in [6.07, 6.45) is 0.840. The van der Waals surface area contributed by atoms with E-state index in [4.69, 9.17) is 4.74 Å². The Morgan fingerprint density at radius 3 is 2.71 bits per heavy atom. The topological polar surface area (TPSA) is 50.4 Å². The Morgan fingerprint density at radius 1 is 1.35 bits per heavy atom. The van der Waals surface area contributed by atoms with E-state index in [1.54, 1.807) is 7.11 Å². The van der Waals surface area contributed by atoms with E-state index >= 15 is 0 Å². The minimum atomic E-state index is -0.148. The van der Waals surface area contributed by atoms with Gasteiger partial charge in [-0.1, -0.05) is 30.3 Å². The number of methoxy groups -OCH3 is 1. The van der Waals surface area contributed by atoms with Crippen LogP contribution in [0.5, 0.6) is 0 Å². The SMILES string of the molecule is COCC(C)NC(=O)NCCc1ccccc1. The molecule has 0 aliphatic rings. The lowest BCUT2D eigenvalue weighted by Gasteiger charge is -2.13. The zero-order chi connectivity index (χ0) is 12.5. The third-order valence-electron chi connectivity index (χ3n) is 2.34. The van der Waals surface area contributed by atoms with Gasteiger partial charge in [0, 0.05) is 13.7 Å². The summed E-state index contributed by atoms with van der Waals surface area (Å²) in [4.78, 5) is 11.4. The highest BCUT2D eigenvalue weighted by atomic mass is 16.5. The van der Waals surface area contributed by atoms with Gasteiger partial charge in [-0.15, -0.1) is 0 Å². The number of rotatable bonds is 6. The summed E-state index contributed by atoms with van der Waals surface area (Å²) in [5.74, 6) is 0. The van der Waals surface area contributed by atoms with Crippen molar-refractivity contribution in [1.29, 1.82) is 0 Å². The number of hydrogen-bond acceptors (Lipinski definition) is 2. The van der Waals surface area contributed by atoms with Crippen LogP contribution < -0.4 is 10.6 Å². The first-order valence-corrected chi connectivity index (χ1v) is 5.79. The summed E-state index contributed by atoms with van der Waals surface area (Å²) in [7, 11) is 1.62. The quantitative estimate of drug-likeness (QED) is 0.787. The molecule has 0 spiro atoms. The summed E-state index contributed by atoms with van der Waals surface area (Å²) in [6.45, 7) is 3.06. The fraction of sp³-hybridized carbons (Fsp3) is 0.462. The van der Waals surface area contributed by atoms with Gasteiger partial charge in [-0.2, -0.15) is 0 Å². The molecule has 0 aliphatic heterocycles. The van der Waals surface area contributed by atoms with Crippen LogP contribution in [-0.4, -0.2) is 32.3 Å². The van der Waals surface area contributed by atoms with Gasteiger partial charge in [-0.25, -0.2) is 4.79 Å². The lowest BCUT2D eigenvalue weighted by atomic mass is 10.1. The van der Waals surface area contributed by atoms with Crippen LogP contribution in [0, 0.1) is 0 Å². The Hall–Kier alpha value is -1.55. The van der Waals surface area contributed by atoms with Crippen LogP contribution in [0.15, 0.2) is 30.3 Å². The molecule has 1 aromatic carbocycles. The van der Waals surface area contributed by atoms with E-state index < -0.39 is 0 Å². The molecule has 0 aromatic heterocycles. The predicted octanol–water partition coefficient (Wildman–Crippen LogP) is 1.56. The standard InChI is InChI=1S/C13H20N2O2/c1-11(10-17-2)15-13(16)14-9-8-12-6-4-3-5-7-12/h3-7,11H,8-10H2,1-2H3,(H2,14,15,16). The molecule has 4 nitrogen and oxygen atoms in total. The number of carbonyl (C=O) groups excluding carboxylic acids is 1. The number of hydrogen-bond donors (Lipinski definition) is 2. The minimum Gasteiger partial charge on any atom is -0.383 e. The second-order valence-electron chi connectivity index (χ2n) is 3.99. The van der Waals surface area contributed by atoms with Crippen molar-refractivity contribution in [1.82, 2.24) is 10.6 Å². The summed E-state index contributed by atoms with van der Waals surface area (Å²) in [5.41, 5.74) is 1.22. The molecule has 1 rings (SSSR count). The van der Waals surface area contributed by atoms with Crippen LogP contribution in [0.4, 0.5) is 4.79 Å². The monoisotopic (exact) mass is 236 g/mol. The predicted molar refractivity (Wildman–Crippen MR) is 68.0 cm³/mol. The second kappa shape index (κ2) is 7.68. The Balaban J connectivity index is 2.16. The third-order valence-corrected chi connectivity index (χ3v) is 2.34. The van der Waals surface area contributed by atoms with Gasteiger partial charge < -0.3 is 15.4 Å². The normalized spacial score (nSPS) is 11.9. The molecule has 0 bridgehead atoms. The second-order valence-corrected chi connectivity index (χ2v) is 3.99. The molecule has 0 aliphatic carbocycles. The van der Waals surface area contributed by atoms with E-state index in [-0.39, 0.29) is 12.1 Å². The van der Waals surface area contributed by atoms with E-state index in [0.29, 0.717) is 13.2 Å². The smallest absolute Gasteiger partial charge is 0.315 e. The van der Waals surface area contributed by atoms with Crippen molar-refractivity contribution in [3.05, 3.63) is 35.9 Å². The molecule has 0 fully saturated rings. The molecule has 0 saturated carbocycles. The molecule has 4 heteroatoms. The van der Waals surface area contributed by atoms with E-state index in [2.05, 4.69) is 10.6 Å². The van der Waals surface area contributed by atoms with Gasteiger partial charge in [-0.05, 0) is 18.9 Å². The van der Waals surface area contributed by atoms with Crippen molar-refractivity contribution in [2.45, 2.75) is 19.4 Å². The number of benzene rings is 1. The summed E-state index contributed by atoms with van der Waals surface area (Å²) in [6, 6.07) is 9.95. The van der Waals surface area contributed by atoms with Crippen LogP contribution >= 0.6 is 0 Å². The van der Waals surface area contributed by atoms with Gasteiger partial charge in [-0.3, -0.25) is 0 Å². The van der Waals surface area contributed by atoms with Crippen LogP contribution in [0.1, 0.15) is 12.5 Å². The number of carbonyl (C=O) groups is 1. The zero-order valence-electron chi connectivity index (χ0n) is 10.4. The summed E-state index contributed by atoms with van der Waals surface area (Å²) < 4.78 is 4.94. The Bertz CT molecular complexity index is 327. The van der Waals surface area contributed by atoms with Gasteiger partial charge in [0.15, 0.2) is 0 Å². The Kier molecular flexibility index (Phi) is 6.10. The molecule has 1 atom stereocenters. The van der Waals surface area contributed by atoms with Crippen molar-refractivity contribution < 1.29 is 9.53 Å². The molecule has 2 amide bonds. The van der Waals surface area contributed by atoms with E-state index in [1.165, 1.54) is 5.56 Å². The van der Waals surface area contributed by atoms with Crippen molar-refractivity contribution in [2.24, 2.45) is 0 Å². The van der Waals surface area contributed by atoms with Crippen LogP contribution in [-0.2, 0) is 11.2 Å². The average Bonchev–Trinajstić information content (AvgIpc) is 2.30.